The molecule has 1 aromatic carbocycles. The third-order valence-corrected chi connectivity index (χ3v) is 3.99. The fraction of sp³-hybridized carbons (Fsp3) is 0.412. The fourth-order valence-corrected chi connectivity index (χ4v) is 2.51. The summed E-state index contributed by atoms with van der Waals surface area (Å²) in [7, 11) is 3.46. The molecule has 0 unspecified atom stereocenters. The monoisotopic (exact) mass is 334 g/mol. The van der Waals surface area contributed by atoms with Crippen LogP contribution >= 0.6 is 11.8 Å². The van der Waals surface area contributed by atoms with Gasteiger partial charge in [0.25, 0.3) is 0 Å². The first-order valence-corrected chi connectivity index (χ1v) is 8.67. The third kappa shape index (κ3) is 6.78. The van der Waals surface area contributed by atoms with Gasteiger partial charge in [0.15, 0.2) is 5.96 Å². The SMILES string of the molecule is C=CCNC(=NCc1ccc(C)cc1SC)NCC(=O)N(C)C. The van der Waals surface area contributed by atoms with Crippen LogP contribution in [0.2, 0.25) is 0 Å². The molecule has 0 saturated heterocycles. The van der Waals surface area contributed by atoms with Crippen molar-refractivity contribution in [3.63, 3.8) is 0 Å². The number of amides is 1. The molecule has 0 saturated carbocycles. The summed E-state index contributed by atoms with van der Waals surface area (Å²) in [5.74, 6) is 0.603. The van der Waals surface area contributed by atoms with Gasteiger partial charge in [0, 0.05) is 25.5 Å². The summed E-state index contributed by atoms with van der Waals surface area (Å²) < 4.78 is 0. The second kappa shape index (κ2) is 9.94. The van der Waals surface area contributed by atoms with Crippen molar-refractivity contribution in [2.75, 3.05) is 33.4 Å². The number of nitrogens with zero attached hydrogens (tertiary/aromatic N) is 2. The van der Waals surface area contributed by atoms with Gasteiger partial charge >= 0.3 is 0 Å². The molecule has 0 atom stereocenters. The summed E-state index contributed by atoms with van der Waals surface area (Å²) in [5, 5.41) is 6.17. The van der Waals surface area contributed by atoms with Gasteiger partial charge < -0.3 is 15.5 Å². The van der Waals surface area contributed by atoms with Gasteiger partial charge in [-0.1, -0.05) is 18.2 Å². The van der Waals surface area contributed by atoms with Gasteiger partial charge in [0.05, 0.1) is 13.1 Å². The number of carbonyl (C=O) groups is 1. The van der Waals surface area contributed by atoms with Gasteiger partial charge in [-0.05, 0) is 30.4 Å². The molecular formula is C17H26N4OS. The molecule has 0 aliphatic carbocycles. The van der Waals surface area contributed by atoms with Crippen LogP contribution in [0.4, 0.5) is 0 Å². The summed E-state index contributed by atoms with van der Waals surface area (Å²) in [6.45, 7) is 7.12. The Labute approximate surface area is 143 Å². The Morgan fingerprint density at radius 1 is 1.39 bits per heavy atom. The molecule has 0 aliphatic heterocycles. The van der Waals surface area contributed by atoms with Crippen LogP contribution in [0.15, 0.2) is 40.7 Å². The molecule has 1 amide bonds. The van der Waals surface area contributed by atoms with Crippen LogP contribution in [-0.4, -0.2) is 50.2 Å². The highest BCUT2D eigenvalue weighted by Crippen LogP contribution is 2.22. The predicted molar refractivity (Wildman–Crippen MR) is 99.0 cm³/mol. The van der Waals surface area contributed by atoms with Crippen molar-refractivity contribution in [2.24, 2.45) is 4.99 Å². The topological polar surface area (TPSA) is 56.7 Å². The van der Waals surface area contributed by atoms with Crippen LogP contribution in [0.3, 0.4) is 0 Å². The van der Waals surface area contributed by atoms with Gasteiger partial charge in [-0.15, -0.1) is 18.3 Å². The molecule has 0 bridgehead atoms. The number of aryl methyl sites for hydroxylation is 1. The highest BCUT2D eigenvalue weighted by molar-refractivity contribution is 7.98. The van der Waals surface area contributed by atoms with E-state index in [0.717, 1.165) is 0 Å². The Hall–Kier alpha value is -1.95. The van der Waals surface area contributed by atoms with Gasteiger partial charge in [-0.25, -0.2) is 4.99 Å². The number of thioether (sulfide) groups is 1. The molecule has 126 valence electrons. The zero-order chi connectivity index (χ0) is 17.2. The van der Waals surface area contributed by atoms with Gasteiger partial charge in [0.1, 0.15) is 0 Å². The lowest BCUT2D eigenvalue weighted by Crippen LogP contribution is -2.43. The van der Waals surface area contributed by atoms with Crippen LogP contribution < -0.4 is 10.6 Å². The fourth-order valence-electron chi connectivity index (χ4n) is 1.81. The summed E-state index contributed by atoms with van der Waals surface area (Å²) in [5.41, 5.74) is 2.41. The maximum absolute atomic E-state index is 11.7. The van der Waals surface area contributed by atoms with Crippen LogP contribution in [0.5, 0.6) is 0 Å². The molecule has 0 spiro atoms. The summed E-state index contributed by atoms with van der Waals surface area (Å²) in [4.78, 5) is 19.0. The van der Waals surface area contributed by atoms with Crippen molar-refractivity contribution in [2.45, 2.75) is 18.4 Å². The maximum Gasteiger partial charge on any atom is 0.241 e. The number of rotatable bonds is 7. The van der Waals surface area contributed by atoms with E-state index in [4.69, 9.17) is 0 Å². The molecule has 5 nitrogen and oxygen atoms in total. The molecule has 0 heterocycles. The van der Waals surface area contributed by atoms with Crippen molar-refractivity contribution < 1.29 is 4.79 Å². The molecule has 1 rings (SSSR count). The van der Waals surface area contributed by atoms with Gasteiger partial charge in [0.2, 0.25) is 5.91 Å². The summed E-state index contributed by atoms with van der Waals surface area (Å²) >= 11 is 1.71. The Balaban J connectivity index is 2.79. The Kier molecular flexibility index (Phi) is 8.26. The Morgan fingerprint density at radius 2 is 2.13 bits per heavy atom. The van der Waals surface area contributed by atoms with Crippen LogP contribution in [0.25, 0.3) is 0 Å². The first kappa shape index (κ1) is 19.1. The number of guanidine groups is 1. The minimum Gasteiger partial charge on any atom is -0.353 e. The van der Waals surface area contributed by atoms with Gasteiger partial charge in [-0.2, -0.15) is 0 Å². The van der Waals surface area contributed by atoms with Crippen molar-refractivity contribution >= 4 is 23.6 Å². The average molecular weight is 334 g/mol. The number of benzene rings is 1. The molecular weight excluding hydrogens is 308 g/mol. The first-order valence-electron chi connectivity index (χ1n) is 7.44. The van der Waals surface area contributed by atoms with E-state index in [1.165, 1.54) is 16.0 Å². The highest BCUT2D eigenvalue weighted by Gasteiger charge is 2.06. The van der Waals surface area contributed by atoms with E-state index in [9.17, 15) is 4.79 Å². The lowest BCUT2D eigenvalue weighted by molar-refractivity contribution is -0.127. The number of likely N-dealkylation sites (N-methyl/N-ethyl adjacent to an activating group) is 1. The molecule has 0 radical (unpaired) electrons. The zero-order valence-electron chi connectivity index (χ0n) is 14.3. The van der Waals surface area contributed by atoms with E-state index >= 15 is 0 Å². The second-order valence-electron chi connectivity index (χ2n) is 5.29. The minimum absolute atomic E-state index is 0.00163. The Morgan fingerprint density at radius 3 is 2.74 bits per heavy atom. The van der Waals surface area contributed by atoms with Gasteiger partial charge in [-0.3, -0.25) is 4.79 Å². The summed E-state index contributed by atoms with van der Waals surface area (Å²) in [6.07, 6.45) is 3.82. The maximum atomic E-state index is 11.7. The molecule has 1 aromatic rings. The number of aliphatic imine (C=N–C) groups is 1. The minimum atomic E-state index is -0.00163. The van der Waals surface area contributed by atoms with E-state index in [-0.39, 0.29) is 12.5 Å². The lowest BCUT2D eigenvalue weighted by atomic mass is 10.1. The molecule has 23 heavy (non-hydrogen) atoms. The molecule has 0 aliphatic rings. The zero-order valence-corrected chi connectivity index (χ0v) is 15.2. The highest BCUT2D eigenvalue weighted by atomic mass is 32.2. The number of hydrogen-bond donors (Lipinski definition) is 2. The van der Waals surface area contributed by atoms with E-state index in [1.54, 1.807) is 36.8 Å². The Bertz CT molecular complexity index is 570. The van der Waals surface area contributed by atoms with E-state index in [0.29, 0.717) is 19.0 Å². The largest absolute Gasteiger partial charge is 0.353 e. The smallest absolute Gasteiger partial charge is 0.241 e. The third-order valence-electron chi connectivity index (χ3n) is 3.17. The quantitative estimate of drug-likeness (QED) is 0.347. The number of carbonyl (C=O) groups excluding carboxylic acids is 1. The molecule has 0 fully saturated rings. The molecule has 0 aromatic heterocycles. The van der Waals surface area contributed by atoms with E-state index < -0.39 is 0 Å². The van der Waals surface area contributed by atoms with Crippen molar-refractivity contribution in [1.82, 2.24) is 15.5 Å². The van der Waals surface area contributed by atoms with Crippen molar-refractivity contribution in [3.8, 4) is 0 Å². The number of nitrogens with one attached hydrogen (secondary N) is 2. The first-order chi connectivity index (χ1) is 11.0. The van der Waals surface area contributed by atoms with Crippen molar-refractivity contribution in [3.05, 3.63) is 42.0 Å². The molecule has 2 N–H and O–H groups in total. The normalized spacial score (nSPS) is 11.0. The molecule has 6 heteroatoms. The van der Waals surface area contributed by atoms with Crippen molar-refractivity contribution in [1.29, 1.82) is 0 Å². The van der Waals surface area contributed by atoms with E-state index in [1.807, 2.05) is 0 Å². The predicted octanol–water partition coefficient (Wildman–Crippen LogP) is 2.03. The van der Waals surface area contributed by atoms with Crippen LogP contribution in [0, 0.1) is 6.92 Å². The summed E-state index contributed by atoms with van der Waals surface area (Å²) in [6, 6.07) is 6.35. The second-order valence-corrected chi connectivity index (χ2v) is 6.14. The van der Waals surface area contributed by atoms with Crippen LogP contribution in [-0.2, 0) is 11.3 Å². The van der Waals surface area contributed by atoms with Crippen LogP contribution in [0.1, 0.15) is 11.1 Å². The number of hydrogen-bond acceptors (Lipinski definition) is 3. The standard InChI is InChI=1S/C17H26N4OS/c1-6-9-18-17(20-12-16(22)21(3)4)19-11-14-8-7-13(2)10-15(14)23-5/h6-8,10H,1,9,11-12H2,2-5H3,(H2,18,19,20). The van der Waals surface area contributed by atoms with E-state index in [2.05, 4.69) is 53.6 Å². The average Bonchev–Trinajstić information content (AvgIpc) is 2.54. The lowest BCUT2D eigenvalue weighted by Gasteiger charge is -2.14.